The van der Waals surface area contributed by atoms with Gasteiger partial charge in [-0.3, -0.25) is 4.40 Å². The highest BCUT2D eigenvalue weighted by molar-refractivity contribution is 5.81. The second kappa shape index (κ2) is 9.46. The van der Waals surface area contributed by atoms with Crippen LogP contribution < -0.4 is 5.32 Å². The lowest BCUT2D eigenvalue weighted by Gasteiger charge is -2.22. The SMILES string of the molecule is CN(C)Cc1ccn2c(-c3ccnc(NC4CCCCC4)n3)c(-c3ccc(F)cc3F)nc2c1. The zero-order valence-electron chi connectivity index (χ0n) is 19.4. The van der Waals surface area contributed by atoms with Crippen molar-refractivity contribution in [2.45, 2.75) is 44.7 Å². The molecule has 4 aromatic rings. The molecule has 0 amide bonds. The van der Waals surface area contributed by atoms with Gasteiger partial charge in [-0.2, -0.15) is 0 Å². The van der Waals surface area contributed by atoms with Crippen molar-refractivity contribution >= 4 is 11.6 Å². The molecule has 0 aliphatic heterocycles. The van der Waals surface area contributed by atoms with Crippen molar-refractivity contribution in [2.75, 3.05) is 19.4 Å². The van der Waals surface area contributed by atoms with Crippen LogP contribution in [0.3, 0.4) is 0 Å². The van der Waals surface area contributed by atoms with Gasteiger partial charge in [0.05, 0.1) is 11.4 Å². The number of nitrogens with one attached hydrogen (secondary N) is 1. The Bertz CT molecular complexity index is 1310. The molecule has 1 N–H and O–H groups in total. The number of anilines is 1. The third kappa shape index (κ3) is 4.63. The average Bonchev–Trinajstić information content (AvgIpc) is 3.18. The van der Waals surface area contributed by atoms with Crippen LogP contribution in [0.15, 0.2) is 48.8 Å². The van der Waals surface area contributed by atoms with Gasteiger partial charge in [-0.1, -0.05) is 19.3 Å². The van der Waals surface area contributed by atoms with E-state index in [1.54, 1.807) is 12.3 Å². The van der Waals surface area contributed by atoms with Crippen LogP contribution in [0, 0.1) is 11.6 Å². The Morgan fingerprint density at radius 1 is 1.03 bits per heavy atom. The Labute approximate surface area is 197 Å². The molecule has 5 rings (SSSR count). The van der Waals surface area contributed by atoms with Gasteiger partial charge in [-0.25, -0.2) is 23.7 Å². The summed E-state index contributed by atoms with van der Waals surface area (Å²) >= 11 is 0. The third-order valence-corrected chi connectivity index (χ3v) is 6.21. The first-order valence-electron chi connectivity index (χ1n) is 11.7. The van der Waals surface area contributed by atoms with Gasteiger partial charge in [0, 0.05) is 36.6 Å². The standard InChI is InChI=1S/C26H28F2N6/c1-33(2)16-17-11-13-34-23(14-17)32-24(20-9-8-18(27)15-21(20)28)25(34)22-10-12-29-26(31-22)30-19-6-4-3-5-7-19/h8-15,19H,3-7,16H2,1-2H3,(H,29,30,31). The molecule has 1 aliphatic carbocycles. The Morgan fingerprint density at radius 3 is 2.62 bits per heavy atom. The quantitative estimate of drug-likeness (QED) is 0.408. The Morgan fingerprint density at radius 2 is 1.85 bits per heavy atom. The van der Waals surface area contributed by atoms with Crippen LogP contribution in [0.1, 0.15) is 37.7 Å². The van der Waals surface area contributed by atoms with Crippen molar-refractivity contribution in [3.05, 3.63) is 66.0 Å². The number of rotatable bonds is 6. The summed E-state index contributed by atoms with van der Waals surface area (Å²) in [5, 5.41) is 3.46. The first kappa shape index (κ1) is 22.4. The molecular formula is C26H28F2N6. The molecule has 1 aromatic carbocycles. The molecule has 8 heteroatoms. The number of imidazole rings is 1. The molecule has 0 radical (unpaired) electrons. The van der Waals surface area contributed by atoms with Crippen LogP contribution in [0.25, 0.3) is 28.3 Å². The van der Waals surface area contributed by atoms with E-state index in [0.717, 1.165) is 31.0 Å². The smallest absolute Gasteiger partial charge is 0.223 e. The van der Waals surface area contributed by atoms with E-state index in [-0.39, 0.29) is 5.56 Å². The number of hydrogen-bond acceptors (Lipinski definition) is 5. The molecule has 6 nitrogen and oxygen atoms in total. The topological polar surface area (TPSA) is 58.4 Å². The van der Waals surface area contributed by atoms with E-state index in [4.69, 9.17) is 9.97 Å². The number of hydrogen-bond donors (Lipinski definition) is 1. The number of nitrogens with zero attached hydrogens (tertiary/aromatic N) is 5. The van der Waals surface area contributed by atoms with E-state index < -0.39 is 11.6 Å². The molecule has 0 spiro atoms. The van der Waals surface area contributed by atoms with Gasteiger partial charge in [0.25, 0.3) is 0 Å². The predicted octanol–water partition coefficient (Wildman–Crippen LogP) is 5.54. The maximum absolute atomic E-state index is 14.9. The summed E-state index contributed by atoms with van der Waals surface area (Å²) in [6.07, 6.45) is 9.51. The number of fused-ring (bicyclic) bond motifs is 1. The third-order valence-electron chi connectivity index (χ3n) is 6.21. The van der Waals surface area contributed by atoms with Crippen LogP contribution in [-0.4, -0.2) is 44.4 Å². The zero-order valence-corrected chi connectivity index (χ0v) is 19.4. The van der Waals surface area contributed by atoms with Gasteiger partial charge in [-0.15, -0.1) is 0 Å². The molecule has 0 saturated heterocycles. The van der Waals surface area contributed by atoms with E-state index in [1.165, 1.54) is 31.4 Å². The van der Waals surface area contributed by atoms with Crippen molar-refractivity contribution in [2.24, 2.45) is 0 Å². The zero-order chi connectivity index (χ0) is 23.7. The summed E-state index contributed by atoms with van der Waals surface area (Å²) in [6.45, 7) is 0.752. The minimum Gasteiger partial charge on any atom is -0.351 e. The molecule has 1 saturated carbocycles. The van der Waals surface area contributed by atoms with Gasteiger partial charge >= 0.3 is 0 Å². The van der Waals surface area contributed by atoms with Crippen molar-refractivity contribution in [1.29, 1.82) is 0 Å². The van der Waals surface area contributed by atoms with Crippen LogP contribution in [-0.2, 0) is 6.54 Å². The summed E-state index contributed by atoms with van der Waals surface area (Å²) in [7, 11) is 4.00. The van der Waals surface area contributed by atoms with Crippen LogP contribution in [0.4, 0.5) is 14.7 Å². The lowest BCUT2D eigenvalue weighted by atomic mass is 9.96. The summed E-state index contributed by atoms with van der Waals surface area (Å²) in [4.78, 5) is 16.0. The second-order valence-electron chi connectivity index (χ2n) is 9.18. The fourth-order valence-corrected chi connectivity index (χ4v) is 4.65. The van der Waals surface area contributed by atoms with Gasteiger partial charge < -0.3 is 10.2 Å². The lowest BCUT2D eigenvalue weighted by molar-refractivity contribution is 0.402. The normalized spacial score (nSPS) is 14.7. The lowest BCUT2D eigenvalue weighted by Crippen LogP contribution is -2.23. The predicted molar refractivity (Wildman–Crippen MR) is 129 cm³/mol. The van der Waals surface area contributed by atoms with Crippen LogP contribution in [0.5, 0.6) is 0 Å². The maximum atomic E-state index is 14.9. The van der Waals surface area contributed by atoms with E-state index in [9.17, 15) is 8.78 Å². The molecule has 3 heterocycles. The molecule has 1 aliphatic rings. The Hall–Kier alpha value is -3.39. The van der Waals surface area contributed by atoms with Crippen molar-refractivity contribution in [1.82, 2.24) is 24.3 Å². The number of aromatic nitrogens is 4. The molecule has 176 valence electrons. The minimum absolute atomic E-state index is 0.231. The largest absolute Gasteiger partial charge is 0.351 e. The van der Waals surface area contributed by atoms with Gasteiger partial charge in [-0.05, 0) is 62.8 Å². The monoisotopic (exact) mass is 462 g/mol. The minimum atomic E-state index is -0.659. The summed E-state index contributed by atoms with van der Waals surface area (Å²) in [6, 6.07) is 9.72. The Balaban J connectivity index is 1.63. The van der Waals surface area contributed by atoms with Crippen molar-refractivity contribution in [3.8, 4) is 22.6 Å². The van der Waals surface area contributed by atoms with Crippen molar-refractivity contribution < 1.29 is 8.78 Å². The highest BCUT2D eigenvalue weighted by Crippen LogP contribution is 2.34. The van der Waals surface area contributed by atoms with Crippen LogP contribution in [0.2, 0.25) is 0 Å². The molecule has 0 atom stereocenters. The van der Waals surface area contributed by atoms with E-state index in [0.29, 0.717) is 34.7 Å². The molecule has 0 bridgehead atoms. The molecule has 3 aromatic heterocycles. The molecule has 34 heavy (non-hydrogen) atoms. The van der Waals surface area contributed by atoms with E-state index in [2.05, 4.69) is 15.2 Å². The first-order chi connectivity index (χ1) is 16.5. The van der Waals surface area contributed by atoms with Crippen molar-refractivity contribution in [3.63, 3.8) is 0 Å². The Kier molecular flexibility index (Phi) is 6.24. The summed E-state index contributed by atoms with van der Waals surface area (Å²) in [5.41, 5.74) is 3.68. The maximum Gasteiger partial charge on any atom is 0.223 e. The summed E-state index contributed by atoms with van der Waals surface area (Å²) in [5.74, 6) is -0.734. The molecule has 0 unspecified atom stereocenters. The highest BCUT2D eigenvalue weighted by atomic mass is 19.1. The average molecular weight is 463 g/mol. The van der Waals surface area contributed by atoms with Gasteiger partial charge in [0.2, 0.25) is 5.95 Å². The second-order valence-corrected chi connectivity index (χ2v) is 9.18. The number of pyridine rings is 1. The fourth-order valence-electron chi connectivity index (χ4n) is 4.65. The van der Waals surface area contributed by atoms with E-state index in [1.807, 2.05) is 36.8 Å². The molecule has 1 fully saturated rings. The fraction of sp³-hybridized carbons (Fsp3) is 0.346. The number of benzene rings is 1. The van der Waals surface area contributed by atoms with Crippen LogP contribution >= 0.6 is 0 Å². The van der Waals surface area contributed by atoms with E-state index >= 15 is 0 Å². The highest BCUT2D eigenvalue weighted by Gasteiger charge is 2.21. The van der Waals surface area contributed by atoms with Gasteiger partial charge in [0.1, 0.15) is 23.0 Å². The number of halogens is 2. The molecular weight excluding hydrogens is 434 g/mol. The summed E-state index contributed by atoms with van der Waals surface area (Å²) < 4.78 is 30.4. The first-order valence-corrected chi connectivity index (χ1v) is 11.7. The van der Waals surface area contributed by atoms with Gasteiger partial charge in [0.15, 0.2) is 0 Å².